The highest BCUT2D eigenvalue weighted by Crippen LogP contribution is 2.41. The predicted octanol–water partition coefficient (Wildman–Crippen LogP) is 6.32. The average Bonchev–Trinajstić information content (AvgIpc) is 2.59. The zero-order valence-electron chi connectivity index (χ0n) is 16.8. The third-order valence-corrected chi connectivity index (χ3v) is 6.10. The molecule has 2 rings (SSSR count). The molecule has 0 amide bonds. The molecule has 0 bridgehead atoms. The van der Waals surface area contributed by atoms with E-state index >= 15 is 0 Å². The largest absolute Gasteiger partial charge is 0.461 e. The summed E-state index contributed by atoms with van der Waals surface area (Å²) in [4.78, 5) is 11.7. The molecule has 142 valence electrons. The minimum atomic E-state index is -0.405. The van der Waals surface area contributed by atoms with E-state index < -0.39 is 5.41 Å². The van der Waals surface area contributed by atoms with Crippen LogP contribution >= 0.6 is 0 Å². The monoisotopic (exact) mass is 346 g/mol. The second-order valence-electron chi connectivity index (χ2n) is 9.15. The zero-order valence-corrected chi connectivity index (χ0v) is 16.8. The Kier molecular flexibility index (Phi) is 7.78. The van der Waals surface area contributed by atoms with Crippen molar-refractivity contribution < 1.29 is 9.53 Å². The lowest BCUT2D eigenvalue weighted by atomic mass is 9.69. The minimum absolute atomic E-state index is 0.116. The zero-order chi connectivity index (χ0) is 18.3. The van der Waals surface area contributed by atoms with Gasteiger partial charge in [0.05, 0.1) is 5.41 Å². The van der Waals surface area contributed by atoms with Crippen LogP contribution in [-0.4, -0.2) is 12.6 Å². The lowest BCUT2D eigenvalue weighted by Gasteiger charge is -2.36. The van der Waals surface area contributed by atoms with Crippen molar-refractivity contribution in [3.63, 3.8) is 0 Å². The van der Waals surface area contributed by atoms with Crippen LogP contribution in [0.15, 0.2) is 24.3 Å². The van der Waals surface area contributed by atoms with Gasteiger partial charge in [-0.3, -0.25) is 4.79 Å². The molecule has 0 aromatic rings. The number of allylic oxidation sites excluding steroid dienone is 3. The van der Waals surface area contributed by atoms with Crippen LogP contribution in [0.5, 0.6) is 0 Å². The maximum Gasteiger partial charge on any atom is 0.311 e. The quantitative estimate of drug-likeness (QED) is 0.430. The van der Waals surface area contributed by atoms with Crippen LogP contribution in [0.3, 0.4) is 0 Å². The number of esters is 1. The van der Waals surface area contributed by atoms with Crippen LogP contribution in [0.2, 0.25) is 0 Å². The molecule has 2 aliphatic rings. The van der Waals surface area contributed by atoms with Crippen molar-refractivity contribution in [1.29, 1.82) is 0 Å². The predicted molar refractivity (Wildman–Crippen MR) is 105 cm³/mol. The first-order valence-electron chi connectivity index (χ1n) is 10.4. The molecule has 2 fully saturated rings. The van der Waals surface area contributed by atoms with Crippen molar-refractivity contribution in [1.82, 2.24) is 0 Å². The minimum Gasteiger partial charge on any atom is -0.461 e. The molecule has 0 saturated heterocycles. The number of rotatable bonds is 5. The molecule has 0 heterocycles. The Balaban J connectivity index is 1.65. The van der Waals surface area contributed by atoms with Gasteiger partial charge in [-0.2, -0.15) is 0 Å². The summed E-state index contributed by atoms with van der Waals surface area (Å²) in [5.74, 6) is 3.34. The van der Waals surface area contributed by atoms with Gasteiger partial charge in [0.2, 0.25) is 0 Å². The van der Waals surface area contributed by atoms with Crippen molar-refractivity contribution in [3.8, 4) is 0 Å². The Labute approximate surface area is 155 Å². The topological polar surface area (TPSA) is 26.3 Å². The second kappa shape index (κ2) is 9.59. The summed E-state index contributed by atoms with van der Waals surface area (Å²) in [5.41, 5.74) is -0.405. The summed E-state index contributed by atoms with van der Waals surface area (Å²) in [6, 6.07) is 0. The summed E-state index contributed by atoms with van der Waals surface area (Å²) < 4.78 is 5.31. The molecule has 0 N–H and O–H groups in total. The molecule has 0 aromatic heterocycles. The molecule has 0 spiro atoms. The van der Waals surface area contributed by atoms with E-state index in [1.807, 2.05) is 20.8 Å². The smallest absolute Gasteiger partial charge is 0.311 e. The second-order valence-corrected chi connectivity index (χ2v) is 9.15. The molecule has 0 unspecified atom stereocenters. The van der Waals surface area contributed by atoms with E-state index in [9.17, 15) is 4.79 Å². The normalized spacial score (nSPS) is 31.5. The molecule has 0 aliphatic heterocycles. The highest BCUT2D eigenvalue weighted by Gasteiger charge is 2.29. The van der Waals surface area contributed by atoms with E-state index in [1.54, 1.807) is 0 Å². The van der Waals surface area contributed by atoms with Gasteiger partial charge in [0.25, 0.3) is 0 Å². The Bertz CT molecular complexity index is 453. The first kappa shape index (κ1) is 20.3. The standard InChI is InChI=1S/C23H38O2/c1-5-7-18-9-13-20(14-10-18)21-15-11-19(12-16-21)8-6-17-25-22(24)23(2,3)4/h5-8,18-21H,9-17H2,1-4H3. The van der Waals surface area contributed by atoms with Gasteiger partial charge in [0, 0.05) is 0 Å². The van der Waals surface area contributed by atoms with Gasteiger partial charge in [0.1, 0.15) is 6.61 Å². The van der Waals surface area contributed by atoms with E-state index in [4.69, 9.17) is 4.74 Å². The number of carbonyl (C=O) groups is 1. The van der Waals surface area contributed by atoms with Crippen LogP contribution in [0, 0.1) is 29.1 Å². The Morgan fingerprint density at radius 2 is 1.36 bits per heavy atom. The fourth-order valence-electron chi connectivity index (χ4n) is 4.48. The van der Waals surface area contributed by atoms with Crippen molar-refractivity contribution in [2.24, 2.45) is 29.1 Å². The average molecular weight is 347 g/mol. The summed E-state index contributed by atoms with van der Waals surface area (Å²) >= 11 is 0. The molecule has 2 saturated carbocycles. The highest BCUT2D eigenvalue weighted by atomic mass is 16.5. The molecule has 2 nitrogen and oxygen atoms in total. The Morgan fingerprint density at radius 1 is 0.880 bits per heavy atom. The van der Waals surface area contributed by atoms with Crippen LogP contribution in [0.1, 0.15) is 79.1 Å². The van der Waals surface area contributed by atoms with Crippen LogP contribution in [0.4, 0.5) is 0 Å². The molecular formula is C23H38O2. The number of ether oxygens (including phenoxy) is 1. The fraction of sp³-hybridized carbons (Fsp3) is 0.783. The fourth-order valence-corrected chi connectivity index (χ4v) is 4.48. The summed E-state index contributed by atoms with van der Waals surface area (Å²) in [7, 11) is 0. The van der Waals surface area contributed by atoms with E-state index in [1.165, 1.54) is 51.4 Å². The Hall–Kier alpha value is -1.05. The van der Waals surface area contributed by atoms with Crippen molar-refractivity contribution in [2.45, 2.75) is 79.1 Å². The molecule has 2 heteroatoms. The molecule has 0 atom stereocenters. The van der Waals surface area contributed by atoms with Crippen LogP contribution in [-0.2, 0) is 9.53 Å². The highest BCUT2D eigenvalue weighted by molar-refractivity contribution is 5.75. The van der Waals surface area contributed by atoms with Gasteiger partial charge >= 0.3 is 5.97 Å². The third kappa shape index (κ3) is 6.64. The molecule has 2 aliphatic carbocycles. The lowest BCUT2D eigenvalue weighted by molar-refractivity contribution is -0.151. The van der Waals surface area contributed by atoms with Crippen molar-refractivity contribution in [2.75, 3.05) is 6.61 Å². The van der Waals surface area contributed by atoms with Gasteiger partial charge < -0.3 is 4.74 Å². The number of hydrogen-bond acceptors (Lipinski definition) is 2. The summed E-state index contributed by atoms with van der Waals surface area (Å²) in [6.07, 6.45) is 20.0. The van der Waals surface area contributed by atoms with E-state index in [2.05, 4.69) is 31.2 Å². The maximum absolute atomic E-state index is 11.7. The molecule has 0 aromatic carbocycles. The van der Waals surface area contributed by atoms with E-state index in [0.29, 0.717) is 12.5 Å². The van der Waals surface area contributed by atoms with Gasteiger partial charge in [-0.1, -0.05) is 24.3 Å². The Morgan fingerprint density at radius 3 is 1.80 bits per heavy atom. The first-order valence-corrected chi connectivity index (χ1v) is 10.4. The lowest BCUT2D eigenvalue weighted by Crippen LogP contribution is -2.25. The summed E-state index contributed by atoms with van der Waals surface area (Å²) in [5, 5.41) is 0. The molecule has 25 heavy (non-hydrogen) atoms. The van der Waals surface area contributed by atoms with Crippen LogP contribution in [0.25, 0.3) is 0 Å². The summed E-state index contributed by atoms with van der Waals surface area (Å²) in [6.45, 7) is 8.25. The molecule has 0 radical (unpaired) electrons. The van der Waals surface area contributed by atoms with Crippen molar-refractivity contribution in [3.05, 3.63) is 24.3 Å². The third-order valence-electron chi connectivity index (χ3n) is 6.10. The van der Waals surface area contributed by atoms with Crippen molar-refractivity contribution >= 4 is 5.97 Å². The maximum atomic E-state index is 11.7. The van der Waals surface area contributed by atoms with Gasteiger partial charge in [-0.15, -0.1) is 0 Å². The van der Waals surface area contributed by atoms with E-state index in [-0.39, 0.29) is 5.97 Å². The number of hydrogen-bond donors (Lipinski definition) is 0. The molecular weight excluding hydrogens is 308 g/mol. The van der Waals surface area contributed by atoms with Gasteiger partial charge in [0.15, 0.2) is 0 Å². The van der Waals surface area contributed by atoms with Gasteiger partial charge in [-0.25, -0.2) is 0 Å². The SMILES string of the molecule is CC=CC1CCC(C2CCC(C=CCOC(=O)C(C)(C)C)CC2)CC1. The first-order chi connectivity index (χ1) is 11.9. The van der Waals surface area contributed by atoms with Gasteiger partial charge in [-0.05, 0) is 103 Å². The van der Waals surface area contributed by atoms with E-state index in [0.717, 1.165) is 17.8 Å². The van der Waals surface area contributed by atoms with Crippen LogP contribution < -0.4 is 0 Å². The number of carbonyl (C=O) groups excluding carboxylic acids is 1.